The van der Waals surface area contributed by atoms with Crippen molar-refractivity contribution in [3.05, 3.63) is 65.0 Å². The number of nitrogens with one attached hydrogen (secondary N) is 1. The Labute approximate surface area is 159 Å². The van der Waals surface area contributed by atoms with Crippen LogP contribution in [0.25, 0.3) is 0 Å². The van der Waals surface area contributed by atoms with Crippen LogP contribution in [0.2, 0.25) is 0 Å². The van der Waals surface area contributed by atoms with Gasteiger partial charge < -0.3 is 15.3 Å². The molecule has 2 N–H and O–H groups in total. The maximum absolute atomic E-state index is 13.5. The fraction of sp³-hybridized carbons (Fsp3) is 0.350. The number of carbonyl (C=O) groups excluding carboxylic acids is 1. The summed E-state index contributed by atoms with van der Waals surface area (Å²) < 4.78 is 51.9. The van der Waals surface area contributed by atoms with Crippen LogP contribution < -0.4 is 5.32 Å². The summed E-state index contributed by atoms with van der Waals surface area (Å²) in [5.74, 6) is -1.09. The van der Waals surface area contributed by atoms with E-state index in [1.165, 1.54) is 4.90 Å². The molecule has 1 aliphatic rings. The molecular weight excluding hydrogens is 376 g/mol. The van der Waals surface area contributed by atoms with Gasteiger partial charge in [0, 0.05) is 18.8 Å². The van der Waals surface area contributed by atoms with Crippen LogP contribution in [-0.2, 0) is 11.8 Å². The number of nitrogens with zero attached hydrogens (tertiary/aromatic N) is 1. The predicted octanol–water partition coefficient (Wildman–Crippen LogP) is 4.67. The average Bonchev–Trinajstić information content (AvgIpc) is 2.61. The van der Waals surface area contributed by atoms with E-state index in [1.54, 1.807) is 0 Å². The first-order valence-corrected chi connectivity index (χ1v) is 8.81. The number of hydrogen-bond acceptors (Lipinski definition) is 2. The predicted molar refractivity (Wildman–Crippen MR) is 96.3 cm³/mol. The van der Waals surface area contributed by atoms with Crippen molar-refractivity contribution in [3.63, 3.8) is 0 Å². The van der Waals surface area contributed by atoms with E-state index in [4.69, 9.17) is 0 Å². The molecule has 1 saturated heterocycles. The van der Waals surface area contributed by atoms with Crippen LogP contribution >= 0.6 is 0 Å². The Morgan fingerprint density at radius 1 is 1.14 bits per heavy atom. The molecule has 0 atom stereocenters. The summed E-state index contributed by atoms with van der Waals surface area (Å²) in [4.78, 5) is 13.8. The van der Waals surface area contributed by atoms with Gasteiger partial charge in [-0.15, -0.1) is 0 Å². The van der Waals surface area contributed by atoms with Crippen molar-refractivity contribution in [2.75, 3.05) is 18.4 Å². The minimum absolute atomic E-state index is 0.220. The number of piperidine rings is 1. The van der Waals surface area contributed by atoms with Gasteiger partial charge in [-0.05, 0) is 49.1 Å². The molecule has 0 spiro atoms. The first-order chi connectivity index (χ1) is 13.1. The van der Waals surface area contributed by atoms with E-state index in [2.05, 4.69) is 5.32 Å². The summed E-state index contributed by atoms with van der Waals surface area (Å²) in [5, 5.41) is 13.3. The fourth-order valence-corrected chi connectivity index (χ4v) is 3.47. The van der Waals surface area contributed by atoms with Crippen LogP contribution in [0.15, 0.2) is 42.5 Å². The Hall–Kier alpha value is -2.61. The van der Waals surface area contributed by atoms with Gasteiger partial charge in [-0.3, -0.25) is 0 Å². The van der Waals surface area contributed by atoms with Gasteiger partial charge in [0.1, 0.15) is 5.82 Å². The van der Waals surface area contributed by atoms with E-state index in [9.17, 15) is 27.5 Å². The maximum atomic E-state index is 13.5. The van der Waals surface area contributed by atoms with Crippen molar-refractivity contribution in [2.45, 2.75) is 31.5 Å². The zero-order valence-electron chi connectivity index (χ0n) is 15.2. The number of hydrogen-bond donors (Lipinski definition) is 2. The molecular formula is C20H20F4N2O2. The number of alkyl halides is 3. The second-order valence-electron chi connectivity index (χ2n) is 6.99. The molecule has 0 bridgehead atoms. The molecule has 0 unspecified atom stereocenters. The van der Waals surface area contributed by atoms with Crippen LogP contribution in [0.5, 0.6) is 0 Å². The number of urea groups is 1. The number of likely N-dealkylation sites (tertiary alicyclic amines) is 1. The zero-order chi connectivity index (χ0) is 20.5. The number of aryl methyl sites for hydroxylation is 1. The summed E-state index contributed by atoms with van der Waals surface area (Å²) >= 11 is 0. The molecule has 4 nitrogen and oxygen atoms in total. The number of amides is 2. The van der Waals surface area contributed by atoms with E-state index < -0.39 is 29.2 Å². The number of carbonyl (C=O) groups is 1. The van der Waals surface area contributed by atoms with Gasteiger partial charge in [0.05, 0.1) is 11.2 Å². The molecule has 1 fully saturated rings. The highest BCUT2D eigenvalue weighted by atomic mass is 19.4. The van der Waals surface area contributed by atoms with Crippen molar-refractivity contribution in [1.29, 1.82) is 0 Å². The van der Waals surface area contributed by atoms with Crippen LogP contribution in [-0.4, -0.2) is 29.1 Å². The fourth-order valence-electron chi connectivity index (χ4n) is 3.47. The van der Waals surface area contributed by atoms with E-state index in [-0.39, 0.29) is 18.8 Å². The largest absolute Gasteiger partial charge is 0.416 e. The zero-order valence-corrected chi connectivity index (χ0v) is 15.2. The van der Waals surface area contributed by atoms with E-state index in [1.807, 2.05) is 31.2 Å². The third-order valence-corrected chi connectivity index (χ3v) is 5.00. The van der Waals surface area contributed by atoms with Gasteiger partial charge in [-0.2, -0.15) is 13.2 Å². The molecule has 2 aromatic carbocycles. The van der Waals surface area contributed by atoms with Crippen molar-refractivity contribution in [2.24, 2.45) is 0 Å². The van der Waals surface area contributed by atoms with Gasteiger partial charge in [-0.1, -0.05) is 24.3 Å². The Balaban J connectivity index is 1.68. The summed E-state index contributed by atoms with van der Waals surface area (Å²) in [7, 11) is 0. The topological polar surface area (TPSA) is 52.6 Å². The van der Waals surface area contributed by atoms with Crippen molar-refractivity contribution < 1.29 is 27.5 Å². The summed E-state index contributed by atoms with van der Waals surface area (Å²) in [6.07, 6.45) is -4.12. The third-order valence-electron chi connectivity index (χ3n) is 5.00. The quantitative estimate of drug-likeness (QED) is 0.725. The van der Waals surface area contributed by atoms with Crippen LogP contribution in [0.3, 0.4) is 0 Å². The molecule has 150 valence electrons. The molecule has 0 radical (unpaired) electrons. The molecule has 1 heterocycles. The summed E-state index contributed by atoms with van der Waals surface area (Å²) in [6.45, 7) is 2.34. The normalized spacial score (nSPS) is 16.7. The molecule has 0 aliphatic carbocycles. The molecule has 0 aromatic heterocycles. The number of anilines is 1. The van der Waals surface area contributed by atoms with E-state index in [0.717, 1.165) is 17.2 Å². The Bertz CT molecular complexity index is 875. The van der Waals surface area contributed by atoms with Crippen molar-refractivity contribution >= 4 is 11.7 Å². The first-order valence-electron chi connectivity index (χ1n) is 8.81. The first kappa shape index (κ1) is 20.1. The second-order valence-corrected chi connectivity index (χ2v) is 6.99. The molecule has 1 aliphatic heterocycles. The minimum Gasteiger partial charge on any atom is -0.385 e. The number of halogens is 4. The molecule has 28 heavy (non-hydrogen) atoms. The molecule has 2 amide bonds. The van der Waals surface area contributed by atoms with Gasteiger partial charge in [-0.25, -0.2) is 9.18 Å². The lowest BCUT2D eigenvalue weighted by Gasteiger charge is -2.39. The lowest BCUT2D eigenvalue weighted by Crippen LogP contribution is -2.46. The molecule has 0 saturated carbocycles. The number of aliphatic hydroxyl groups is 1. The van der Waals surface area contributed by atoms with Gasteiger partial charge in [0.15, 0.2) is 0 Å². The Morgan fingerprint density at radius 2 is 1.79 bits per heavy atom. The summed E-state index contributed by atoms with van der Waals surface area (Å²) in [6, 6.07) is 8.71. The van der Waals surface area contributed by atoms with Gasteiger partial charge in [0.2, 0.25) is 0 Å². The third kappa shape index (κ3) is 4.27. The van der Waals surface area contributed by atoms with Gasteiger partial charge >= 0.3 is 12.2 Å². The Morgan fingerprint density at radius 3 is 2.39 bits per heavy atom. The highest BCUT2D eigenvalue weighted by molar-refractivity contribution is 5.89. The number of rotatable bonds is 2. The second kappa shape index (κ2) is 7.43. The minimum atomic E-state index is -4.71. The lowest BCUT2D eigenvalue weighted by molar-refractivity contribution is -0.137. The summed E-state index contributed by atoms with van der Waals surface area (Å²) in [5.41, 5.74) is -0.755. The highest BCUT2D eigenvalue weighted by Gasteiger charge is 2.36. The van der Waals surface area contributed by atoms with Crippen molar-refractivity contribution in [1.82, 2.24) is 4.90 Å². The molecule has 3 rings (SSSR count). The number of benzene rings is 2. The highest BCUT2D eigenvalue weighted by Crippen LogP contribution is 2.35. The monoisotopic (exact) mass is 396 g/mol. The Kier molecular flexibility index (Phi) is 5.34. The maximum Gasteiger partial charge on any atom is 0.416 e. The van der Waals surface area contributed by atoms with Crippen molar-refractivity contribution in [3.8, 4) is 0 Å². The van der Waals surface area contributed by atoms with Crippen LogP contribution in [0.1, 0.15) is 29.5 Å². The average molecular weight is 396 g/mol. The molecule has 8 heteroatoms. The van der Waals surface area contributed by atoms with Gasteiger partial charge in [0.25, 0.3) is 0 Å². The lowest BCUT2D eigenvalue weighted by atomic mass is 9.82. The van der Waals surface area contributed by atoms with E-state index in [0.29, 0.717) is 25.0 Å². The van der Waals surface area contributed by atoms with Crippen LogP contribution in [0, 0.1) is 12.7 Å². The molecule has 2 aromatic rings. The van der Waals surface area contributed by atoms with E-state index >= 15 is 0 Å². The van der Waals surface area contributed by atoms with Crippen LogP contribution in [0.4, 0.5) is 28.0 Å². The standard InChI is InChI=1S/C20H20F4N2O2/c1-13-4-2-3-5-17(13)19(28)6-8-26(9-7-19)18(27)25-16-11-14(20(22,23)24)10-15(21)12-16/h2-5,10-12,28H,6-9H2,1H3,(H,25,27). The SMILES string of the molecule is Cc1ccccc1C1(O)CCN(C(=O)Nc2cc(F)cc(C(F)(F)F)c2)CC1. The smallest absolute Gasteiger partial charge is 0.385 e.